The van der Waals surface area contributed by atoms with Crippen molar-refractivity contribution < 1.29 is 29.2 Å². The first-order valence-electron chi connectivity index (χ1n) is 8.45. The molecule has 26 heavy (non-hydrogen) atoms. The Hall–Kier alpha value is -1.71. The van der Waals surface area contributed by atoms with Gasteiger partial charge in [0.1, 0.15) is 18.3 Å². The third-order valence-electron chi connectivity index (χ3n) is 4.43. The van der Waals surface area contributed by atoms with Gasteiger partial charge in [-0.05, 0) is 24.9 Å². The Morgan fingerprint density at radius 1 is 1.31 bits per heavy atom. The number of nitrogens with zero attached hydrogens (tertiary/aromatic N) is 3. The van der Waals surface area contributed by atoms with Crippen LogP contribution in [0.3, 0.4) is 0 Å². The summed E-state index contributed by atoms with van der Waals surface area (Å²) in [5.41, 5.74) is 9.58. The minimum absolute atomic E-state index is 0.288. The Labute approximate surface area is 151 Å². The fourth-order valence-corrected chi connectivity index (χ4v) is 3.23. The van der Waals surface area contributed by atoms with Crippen molar-refractivity contribution in [3.8, 4) is 0 Å². The molecule has 0 amide bonds. The van der Waals surface area contributed by atoms with E-state index in [1.165, 1.54) is 0 Å². The summed E-state index contributed by atoms with van der Waals surface area (Å²) in [4.78, 5) is 2.66. The number of ether oxygens (including phenoxy) is 4. The van der Waals surface area contributed by atoms with Crippen LogP contribution in [0.2, 0.25) is 0 Å². The molecule has 2 aliphatic rings. The van der Waals surface area contributed by atoms with E-state index >= 15 is 0 Å². The molecular weight excluding hydrogens is 342 g/mol. The molecule has 2 heterocycles. The topological polar surface area (TPSA) is 126 Å². The van der Waals surface area contributed by atoms with Crippen molar-refractivity contribution in [2.24, 2.45) is 5.11 Å². The van der Waals surface area contributed by atoms with E-state index in [4.69, 9.17) is 24.5 Å². The first-order chi connectivity index (χ1) is 12.4. The Morgan fingerprint density at radius 2 is 2.04 bits per heavy atom. The summed E-state index contributed by atoms with van der Waals surface area (Å²) in [5, 5.41) is 23.4. The molecule has 0 spiro atoms. The van der Waals surface area contributed by atoms with E-state index in [1.807, 2.05) is 30.3 Å². The maximum absolute atomic E-state index is 10.6. The van der Waals surface area contributed by atoms with Crippen LogP contribution in [-0.4, -0.2) is 59.4 Å². The van der Waals surface area contributed by atoms with Gasteiger partial charge >= 0.3 is 0 Å². The highest BCUT2D eigenvalue weighted by atomic mass is 16.8. The third-order valence-corrected chi connectivity index (χ3v) is 4.43. The van der Waals surface area contributed by atoms with E-state index in [-0.39, 0.29) is 6.61 Å². The minimum atomic E-state index is -1.27. The van der Waals surface area contributed by atoms with Crippen LogP contribution in [0, 0.1) is 0 Å². The second-order valence-electron chi connectivity index (χ2n) is 6.78. The largest absolute Gasteiger partial charge is 0.396 e. The highest BCUT2D eigenvalue weighted by molar-refractivity contribution is 5.13. The van der Waals surface area contributed by atoms with E-state index in [1.54, 1.807) is 13.8 Å². The highest BCUT2D eigenvalue weighted by Gasteiger charge is 2.57. The summed E-state index contributed by atoms with van der Waals surface area (Å²) in [5.74, 6) is -0.833. The van der Waals surface area contributed by atoms with Crippen LogP contribution in [-0.2, 0) is 25.6 Å². The molecule has 0 unspecified atom stereocenters. The van der Waals surface area contributed by atoms with Crippen molar-refractivity contribution in [3.63, 3.8) is 0 Å². The average Bonchev–Trinajstić information content (AvgIpc) is 3.10. The fourth-order valence-electron chi connectivity index (χ4n) is 3.23. The number of azide groups is 1. The van der Waals surface area contributed by atoms with Gasteiger partial charge in [0.25, 0.3) is 0 Å². The molecule has 6 atom stereocenters. The quantitative estimate of drug-likeness (QED) is 0.428. The fraction of sp³-hybridized carbons (Fsp3) is 0.647. The Morgan fingerprint density at radius 3 is 2.69 bits per heavy atom. The van der Waals surface area contributed by atoms with Crippen molar-refractivity contribution in [2.45, 2.75) is 63.0 Å². The van der Waals surface area contributed by atoms with Gasteiger partial charge in [-0.1, -0.05) is 35.4 Å². The summed E-state index contributed by atoms with van der Waals surface area (Å²) in [6.07, 6.45) is -4.04. The molecule has 2 fully saturated rings. The smallest absolute Gasteiger partial charge is 0.190 e. The zero-order chi connectivity index (χ0) is 18.7. The molecule has 0 aliphatic carbocycles. The monoisotopic (exact) mass is 365 g/mol. The number of rotatable bonds is 7. The van der Waals surface area contributed by atoms with Gasteiger partial charge in [-0.15, -0.1) is 0 Å². The standard InChI is InChI=1S/C17H23N3O6/c1-17(2)25-15-14(23-9-10-6-4-3-5-7-10)13(24-16(15)26-17)12(22)11(8-21)19-20-18/h3-7,11-16,21-22H,8-9H2,1-2H3/t11-,12-,13-,14+,15-,16-/m1/s1. The van der Waals surface area contributed by atoms with Crippen LogP contribution >= 0.6 is 0 Å². The Kier molecular flexibility index (Phi) is 5.79. The molecule has 0 radical (unpaired) electrons. The van der Waals surface area contributed by atoms with E-state index in [0.717, 1.165) is 5.56 Å². The average molecular weight is 365 g/mol. The lowest BCUT2D eigenvalue weighted by Gasteiger charge is -2.30. The third kappa shape index (κ3) is 3.99. The van der Waals surface area contributed by atoms with Gasteiger partial charge in [-0.3, -0.25) is 0 Å². The first-order valence-corrected chi connectivity index (χ1v) is 8.45. The van der Waals surface area contributed by atoms with Gasteiger partial charge in [0.05, 0.1) is 25.4 Å². The molecule has 0 saturated carbocycles. The second-order valence-corrected chi connectivity index (χ2v) is 6.78. The SMILES string of the molecule is CC1(C)O[C@H]2O[C@H]([C@H](O)[C@@H](CO)N=[N+]=[N-])[C@H](OCc3ccccc3)[C@H]2O1. The molecule has 2 saturated heterocycles. The maximum atomic E-state index is 10.6. The summed E-state index contributed by atoms with van der Waals surface area (Å²) < 4.78 is 23.4. The van der Waals surface area contributed by atoms with Crippen LogP contribution in [0.25, 0.3) is 10.4 Å². The van der Waals surface area contributed by atoms with Crippen molar-refractivity contribution in [3.05, 3.63) is 46.3 Å². The number of fused-ring (bicyclic) bond motifs is 1. The van der Waals surface area contributed by atoms with E-state index < -0.39 is 49.1 Å². The highest BCUT2D eigenvalue weighted by Crippen LogP contribution is 2.40. The Bertz CT molecular complexity index is 651. The number of hydrogen-bond donors (Lipinski definition) is 2. The van der Waals surface area contributed by atoms with Gasteiger partial charge in [-0.25, -0.2) is 0 Å². The van der Waals surface area contributed by atoms with Crippen LogP contribution in [0.5, 0.6) is 0 Å². The van der Waals surface area contributed by atoms with Gasteiger partial charge in [0, 0.05) is 4.91 Å². The van der Waals surface area contributed by atoms with Crippen molar-refractivity contribution in [1.82, 2.24) is 0 Å². The van der Waals surface area contributed by atoms with Gasteiger partial charge in [0.2, 0.25) is 0 Å². The lowest BCUT2D eigenvalue weighted by molar-refractivity contribution is -0.232. The summed E-state index contributed by atoms with van der Waals surface area (Å²) >= 11 is 0. The van der Waals surface area contributed by atoms with Crippen molar-refractivity contribution in [2.75, 3.05) is 6.61 Å². The molecule has 0 aromatic heterocycles. The van der Waals surface area contributed by atoms with Crippen LogP contribution in [0.1, 0.15) is 19.4 Å². The predicted octanol–water partition coefficient (Wildman–Crippen LogP) is 1.48. The van der Waals surface area contributed by atoms with Crippen molar-refractivity contribution in [1.29, 1.82) is 0 Å². The lowest BCUT2D eigenvalue weighted by Crippen LogP contribution is -2.47. The number of benzene rings is 1. The maximum Gasteiger partial charge on any atom is 0.190 e. The molecule has 2 aliphatic heterocycles. The lowest BCUT2D eigenvalue weighted by atomic mass is 10.0. The molecule has 142 valence electrons. The summed E-state index contributed by atoms with van der Waals surface area (Å²) in [7, 11) is 0. The van der Waals surface area contributed by atoms with Crippen molar-refractivity contribution >= 4 is 0 Å². The summed E-state index contributed by atoms with van der Waals surface area (Å²) in [6, 6.07) is 8.50. The van der Waals surface area contributed by atoms with Crippen LogP contribution < -0.4 is 0 Å². The molecule has 2 N–H and O–H groups in total. The normalized spacial score (nSPS) is 31.8. The molecule has 1 aromatic rings. The molecule has 1 aromatic carbocycles. The molecule has 9 nitrogen and oxygen atoms in total. The van der Waals surface area contributed by atoms with E-state index in [2.05, 4.69) is 10.0 Å². The van der Waals surface area contributed by atoms with Crippen LogP contribution in [0.4, 0.5) is 0 Å². The Balaban J connectivity index is 1.77. The van der Waals surface area contributed by atoms with Gasteiger partial charge in [-0.2, -0.15) is 0 Å². The zero-order valence-corrected chi connectivity index (χ0v) is 14.6. The van der Waals surface area contributed by atoms with E-state index in [0.29, 0.717) is 0 Å². The van der Waals surface area contributed by atoms with Crippen LogP contribution in [0.15, 0.2) is 35.4 Å². The number of aliphatic hydroxyl groups is 2. The molecule has 3 rings (SSSR count). The number of hydrogen-bond acceptors (Lipinski definition) is 7. The summed E-state index contributed by atoms with van der Waals surface area (Å²) in [6.45, 7) is 3.31. The van der Waals surface area contributed by atoms with Gasteiger partial charge in [0.15, 0.2) is 12.1 Å². The predicted molar refractivity (Wildman–Crippen MR) is 89.7 cm³/mol. The molecule has 9 heteroatoms. The second kappa shape index (κ2) is 7.89. The zero-order valence-electron chi connectivity index (χ0n) is 14.6. The van der Waals surface area contributed by atoms with Gasteiger partial charge < -0.3 is 29.2 Å². The first kappa shape index (κ1) is 19.1. The van der Waals surface area contributed by atoms with E-state index in [9.17, 15) is 10.2 Å². The molecular formula is C17H23N3O6. The minimum Gasteiger partial charge on any atom is -0.396 e. The molecule has 0 bridgehead atoms. The number of aliphatic hydroxyl groups excluding tert-OH is 2.